The lowest BCUT2D eigenvalue weighted by Gasteiger charge is -2.23. The maximum atomic E-state index is 12.5. The van der Waals surface area contributed by atoms with Gasteiger partial charge in [-0.15, -0.1) is 0 Å². The van der Waals surface area contributed by atoms with E-state index in [-0.39, 0.29) is 25.5 Å². The molecular formula is C30H51N2O6P. The molecule has 0 bridgehead atoms. The quantitative estimate of drug-likeness (QED) is 0.0621. The molecule has 3 atom stereocenters. The van der Waals surface area contributed by atoms with Crippen LogP contribution < -0.4 is 11.1 Å². The van der Waals surface area contributed by atoms with E-state index in [1.54, 1.807) is 6.08 Å². The third-order valence-electron chi connectivity index (χ3n) is 5.26. The summed E-state index contributed by atoms with van der Waals surface area (Å²) in [6.45, 7) is 3.76. The van der Waals surface area contributed by atoms with E-state index >= 15 is 0 Å². The number of unbranched alkanes of at least 4 members (excludes halogenated alkanes) is 2. The minimum absolute atomic E-state index is 0.0590. The zero-order valence-corrected chi connectivity index (χ0v) is 24.7. The molecular weight excluding hydrogens is 515 g/mol. The minimum atomic E-state index is -4.34. The Morgan fingerprint density at radius 3 is 2.03 bits per heavy atom. The molecule has 39 heavy (non-hydrogen) atoms. The highest BCUT2D eigenvalue weighted by Crippen LogP contribution is 2.43. The molecule has 0 rings (SSSR count). The van der Waals surface area contributed by atoms with E-state index in [0.29, 0.717) is 6.42 Å². The fourth-order valence-corrected chi connectivity index (χ4v) is 3.92. The van der Waals surface area contributed by atoms with Gasteiger partial charge in [0, 0.05) is 13.0 Å². The zero-order valence-electron chi connectivity index (χ0n) is 23.8. The number of phosphoric acid groups is 1. The number of rotatable bonds is 24. The summed E-state index contributed by atoms with van der Waals surface area (Å²) in [6, 6.07) is -0.913. The molecule has 222 valence electrons. The molecule has 0 radical (unpaired) electrons. The molecule has 0 saturated carbocycles. The van der Waals surface area contributed by atoms with Crippen LogP contribution >= 0.6 is 7.82 Å². The average Bonchev–Trinajstić information content (AvgIpc) is 2.91. The summed E-state index contributed by atoms with van der Waals surface area (Å²) in [5.74, 6) is -0.295. The molecule has 3 unspecified atom stereocenters. The number of carbonyl (C=O) groups is 1. The summed E-state index contributed by atoms with van der Waals surface area (Å²) >= 11 is 0. The second kappa shape index (κ2) is 26.2. The fourth-order valence-electron chi connectivity index (χ4n) is 3.16. The predicted octanol–water partition coefficient (Wildman–Crippen LogP) is 6.20. The van der Waals surface area contributed by atoms with E-state index in [2.05, 4.69) is 67.8 Å². The number of phosphoric ester groups is 1. The number of carbonyl (C=O) groups excluding carboxylic acids is 1. The Morgan fingerprint density at radius 2 is 1.41 bits per heavy atom. The van der Waals surface area contributed by atoms with Gasteiger partial charge in [0.1, 0.15) is 0 Å². The number of amides is 1. The molecule has 1 amide bonds. The number of hydrogen-bond donors (Lipinski definition) is 4. The van der Waals surface area contributed by atoms with Crippen molar-refractivity contribution in [3.8, 4) is 0 Å². The van der Waals surface area contributed by atoms with Crippen molar-refractivity contribution in [1.82, 2.24) is 5.32 Å². The van der Waals surface area contributed by atoms with Gasteiger partial charge in [0.05, 0.1) is 25.4 Å². The molecule has 0 fully saturated rings. The van der Waals surface area contributed by atoms with Crippen LogP contribution in [-0.2, 0) is 18.4 Å². The van der Waals surface area contributed by atoms with E-state index < -0.39 is 26.6 Å². The van der Waals surface area contributed by atoms with E-state index in [4.69, 9.17) is 14.8 Å². The lowest BCUT2D eigenvalue weighted by atomic mass is 10.1. The Kier molecular flexibility index (Phi) is 24.8. The van der Waals surface area contributed by atoms with Crippen molar-refractivity contribution in [2.24, 2.45) is 5.73 Å². The highest BCUT2D eigenvalue weighted by Gasteiger charge is 2.26. The first kappa shape index (κ1) is 36.9. The molecule has 0 aromatic heterocycles. The van der Waals surface area contributed by atoms with E-state index in [0.717, 1.165) is 51.4 Å². The number of nitrogens with two attached hydrogens (primary N) is 1. The highest BCUT2D eigenvalue weighted by atomic mass is 31.2. The lowest BCUT2D eigenvalue weighted by molar-refractivity contribution is -0.122. The zero-order chi connectivity index (χ0) is 29.0. The van der Waals surface area contributed by atoms with Crippen molar-refractivity contribution in [1.29, 1.82) is 0 Å². The van der Waals surface area contributed by atoms with Gasteiger partial charge in [-0.05, 0) is 51.4 Å². The number of hydrogen-bond acceptors (Lipinski definition) is 6. The molecule has 0 aliphatic heterocycles. The Hall–Kier alpha value is -2.06. The van der Waals surface area contributed by atoms with Crippen LogP contribution in [0.4, 0.5) is 0 Å². The molecule has 8 nitrogen and oxygen atoms in total. The molecule has 0 aliphatic rings. The van der Waals surface area contributed by atoms with Crippen LogP contribution in [0.5, 0.6) is 0 Å². The summed E-state index contributed by atoms with van der Waals surface area (Å²) in [5, 5.41) is 13.3. The Morgan fingerprint density at radius 1 is 0.846 bits per heavy atom. The summed E-state index contributed by atoms with van der Waals surface area (Å²) in [7, 11) is -4.34. The van der Waals surface area contributed by atoms with Gasteiger partial charge in [-0.2, -0.15) is 0 Å². The Bertz CT molecular complexity index is 835. The maximum absolute atomic E-state index is 12.5. The highest BCUT2D eigenvalue weighted by molar-refractivity contribution is 7.47. The second-order valence-corrected chi connectivity index (χ2v) is 10.3. The van der Waals surface area contributed by atoms with Crippen LogP contribution in [0.1, 0.15) is 78.1 Å². The van der Waals surface area contributed by atoms with Gasteiger partial charge in [0.25, 0.3) is 0 Å². The molecule has 0 aromatic rings. The number of nitrogens with one attached hydrogen (secondary N) is 1. The molecule has 0 aromatic carbocycles. The number of allylic oxidation sites excluding steroid dienone is 11. The van der Waals surface area contributed by atoms with E-state index in [9.17, 15) is 19.4 Å². The molecule has 5 N–H and O–H groups in total. The van der Waals surface area contributed by atoms with Gasteiger partial charge in [-0.1, -0.05) is 93.2 Å². The van der Waals surface area contributed by atoms with Gasteiger partial charge < -0.3 is 21.1 Å². The van der Waals surface area contributed by atoms with Gasteiger partial charge >= 0.3 is 7.82 Å². The molecule has 9 heteroatoms. The van der Waals surface area contributed by atoms with Crippen LogP contribution in [-0.4, -0.2) is 47.8 Å². The van der Waals surface area contributed by atoms with Crippen LogP contribution in [0.2, 0.25) is 0 Å². The summed E-state index contributed by atoms with van der Waals surface area (Å²) < 4.78 is 21.7. The SMILES string of the molecule is CC/C=C\C/C=C\C/C=C\C/C=C\CCC(=O)NC(COP(=O)(O)OCCN)C(O)/C=C/CC/C=C/CCC. The van der Waals surface area contributed by atoms with Gasteiger partial charge in [-0.25, -0.2) is 4.57 Å². The average molecular weight is 567 g/mol. The van der Waals surface area contributed by atoms with E-state index in [1.807, 2.05) is 18.2 Å². The first-order valence-corrected chi connectivity index (χ1v) is 15.6. The maximum Gasteiger partial charge on any atom is 0.472 e. The Labute approximate surface area is 236 Å². The number of aliphatic hydroxyl groups excluding tert-OH is 1. The minimum Gasteiger partial charge on any atom is -0.387 e. The standard InChI is InChI=1S/C30H51N2O6P/c1-3-5-7-9-11-12-13-14-15-16-18-20-22-24-30(34)32-28(27-38-39(35,36)37-26-25-31)29(33)23-21-19-17-10-8-6-4-2/h5,7-8,10-12,14-15,18,20-21,23,28-29,33H,3-4,6,9,13,16-17,19,22,24-27,31H2,1-2H3,(H,32,34)(H,35,36)/b7-5-,10-8+,12-11-,15-14-,20-18-,23-21+. The second-order valence-electron chi connectivity index (χ2n) is 8.86. The third kappa shape index (κ3) is 24.7. The van der Waals surface area contributed by atoms with Gasteiger partial charge in [0.2, 0.25) is 5.91 Å². The number of aliphatic hydroxyl groups is 1. The predicted molar refractivity (Wildman–Crippen MR) is 161 cm³/mol. The first-order chi connectivity index (χ1) is 18.9. The van der Waals surface area contributed by atoms with Crippen molar-refractivity contribution in [3.63, 3.8) is 0 Å². The first-order valence-electron chi connectivity index (χ1n) is 14.1. The topological polar surface area (TPSA) is 131 Å². The van der Waals surface area contributed by atoms with Crippen molar-refractivity contribution < 1.29 is 28.4 Å². The molecule has 0 heterocycles. The molecule has 0 aliphatic carbocycles. The van der Waals surface area contributed by atoms with Crippen LogP contribution in [0.15, 0.2) is 72.9 Å². The van der Waals surface area contributed by atoms with Crippen molar-refractivity contribution in [2.75, 3.05) is 19.8 Å². The lowest BCUT2D eigenvalue weighted by Crippen LogP contribution is -2.45. The van der Waals surface area contributed by atoms with Gasteiger partial charge in [-0.3, -0.25) is 13.8 Å². The van der Waals surface area contributed by atoms with Crippen molar-refractivity contribution >= 4 is 13.7 Å². The van der Waals surface area contributed by atoms with Crippen LogP contribution in [0, 0.1) is 0 Å². The van der Waals surface area contributed by atoms with Crippen LogP contribution in [0.3, 0.4) is 0 Å². The molecule has 0 spiro atoms. The summed E-state index contributed by atoms with van der Waals surface area (Å²) in [4.78, 5) is 22.3. The van der Waals surface area contributed by atoms with Crippen molar-refractivity contribution in [3.05, 3.63) is 72.9 Å². The summed E-state index contributed by atoms with van der Waals surface area (Å²) in [5.41, 5.74) is 5.30. The smallest absolute Gasteiger partial charge is 0.387 e. The largest absolute Gasteiger partial charge is 0.472 e. The normalized spacial score (nSPS) is 15.9. The Balaban J connectivity index is 4.65. The molecule has 0 saturated heterocycles. The fraction of sp³-hybridized carbons (Fsp3) is 0.567. The van der Waals surface area contributed by atoms with Crippen LogP contribution in [0.25, 0.3) is 0 Å². The van der Waals surface area contributed by atoms with Gasteiger partial charge in [0.15, 0.2) is 0 Å². The monoisotopic (exact) mass is 566 g/mol. The summed E-state index contributed by atoms with van der Waals surface area (Å²) in [6.07, 6.45) is 31.4. The van der Waals surface area contributed by atoms with E-state index in [1.165, 1.54) is 0 Å². The van der Waals surface area contributed by atoms with Crippen molar-refractivity contribution in [2.45, 2.75) is 90.2 Å². The third-order valence-corrected chi connectivity index (χ3v) is 6.24.